The number of hydrogen-bond donors (Lipinski definition) is 1. The van der Waals surface area contributed by atoms with Crippen LogP contribution in [0.1, 0.15) is 0 Å². The lowest BCUT2D eigenvalue weighted by molar-refractivity contribution is 0.765. The molecule has 0 fully saturated rings. The largest absolute Gasteiger partial charge is 0.243 e. The molecule has 0 spiro atoms. The van der Waals surface area contributed by atoms with Crippen molar-refractivity contribution in [2.45, 2.75) is 0 Å². The summed E-state index contributed by atoms with van der Waals surface area (Å²) >= 11 is 0. The van der Waals surface area contributed by atoms with E-state index >= 15 is 0 Å². The van der Waals surface area contributed by atoms with Gasteiger partial charge in [-0.25, -0.2) is 9.66 Å². The Morgan fingerprint density at radius 2 is 2.57 bits per heavy atom. The van der Waals surface area contributed by atoms with Crippen molar-refractivity contribution in [3.05, 3.63) is 18.7 Å². The third-order valence-electron chi connectivity index (χ3n) is 0.606. The van der Waals surface area contributed by atoms with Gasteiger partial charge in [-0.3, -0.25) is 0 Å². The summed E-state index contributed by atoms with van der Waals surface area (Å²) in [6.07, 6.45) is 4.61. The van der Waals surface area contributed by atoms with Gasteiger partial charge < -0.3 is 0 Å². The predicted molar refractivity (Wildman–Crippen MR) is 22.8 cm³/mol. The van der Waals surface area contributed by atoms with Crippen LogP contribution < -0.4 is 0 Å². The topological polar surface area (TPSA) is 54.0 Å². The maximum Gasteiger partial charge on any atom is 0.118 e. The first kappa shape index (κ1) is 3.98. The van der Waals surface area contributed by atoms with Crippen LogP contribution in [0.3, 0.4) is 0 Å². The highest BCUT2D eigenvalue weighted by atomic mass is 15.4. The van der Waals surface area contributed by atoms with Gasteiger partial charge in [0.2, 0.25) is 0 Å². The Hall–Kier alpha value is -1.19. The average Bonchev–Trinajstić information content (AvgIpc) is 2.14. The zero-order chi connectivity index (χ0) is 5.11. The summed E-state index contributed by atoms with van der Waals surface area (Å²) in [5.74, 6) is 0. The molecule has 0 amide bonds. The quantitative estimate of drug-likeness (QED) is 0.513. The van der Waals surface area contributed by atoms with Crippen LogP contribution in [0.5, 0.6) is 0 Å². The van der Waals surface area contributed by atoms with Crippen LogP contribution in [-0.2, 0) is 0 Å². The first-order chi connectivity index (χ1) is 3.43. The first-order valence-electron chi connectivity index (χ1n) is 1.79. The molecule has 1 heterocycles. The minimum atomic E-state index is 1.31. The van der Waals surface area contributed by atoms with Gasteiger partial charge in [-0.2, -0.15) is 5.53 Å². The van der Waals surface area contributed by atoms with Crippen molar-refractivity contribution in [3.63, 3.8) is 0 Å². The van der Waals surface area contributed by atoms with Gasteiger partial charge in [-0.15, -0.1) is 0 Å². The molecular formula is C3H4N4. The minimum Gasteiger partial charge on any atom is -0.243 e. The lowest BCUT2D eigenvalue weighted by atomic mass is 11.0. The van der Waals surface area contributed by atoms with Crippen molar-refractivity contribution in [3.8, 4) is 0 Å². The highest BCUT2D eigenvalue weighted by molar-refractivity contribution is 4.70. The zero-order valence-electron chi connectivity index (χ0n) is 3.57. The predicted octanol–water partition coefficient (Wildman–Crippen LogP) is 0.677. The maximum atomic E-state index is 6.41. The fourth-order valence-corrected chi connectivity index (χ4v) is 0.311. The van der Waals surface area contributed by atoms with Crippen molar-refractivity contribution in [2.24, 2.45) is 5.22 Å². The van der Waals surface area contributed by atoms with Crippen molar-refractivity contribution in [1.29, 1.82) is 5.53 Å². The lowest BCUT2D eigenvalue weighted by Crippen LogP contribution is -1.75. The molecule has 0 atom stereocenters. The number of imidazole rings is 1. The molecule has 4 nitrogen and oxygen atoms in total. The van der Waals surface area contributed by atoms with Crippen LogP contribution >= 0.6 is 0 Å². The summed E-state index contributed by atoms with van der Waals surface area (Å²) in [6, 6.07) is 0. The average molecular weight is 96.1 g/mol. The van der Waals surface area contributed by atoms with E-state index < -0.39 is 0 Å². The van der Waals surface area contributed by atoms with Crippen molar-refractivity contribution < 1.29 is 0 Å². The number of aromatic nitrogens is 2. The Balaban J connectivity index is 2.96. The summed E-state index contributed by atoms with van der Waals surface area (Å²) in [5.41, 5.74) is 6.41. The zero-order valence-corrected chi connectivity index (χ0v) is 3.57. The molecule has 1 aromatic heterocycles. The molecule has 4 heteroatoms. The van der Waals surface area contributed by atoms with Crippen LogP contribution in [-0.4, -0.2) is 9.66 Å². The molecular weight excluding hydrogens is 92.1 g/mol. The van der Waals surface area contributed by atoms with Crippen LogP contribution in [0.2, 0.25) is 0 Å². The van der Waals surface area contributed by atoms with Crippen molar-refractivity contribution >= 4 is 0 Å². The number of hydrogen-bond acceptors (Lipinski definition) is 3. The highest BCUT2D eigenvalue weighted by Gasteiger charge is 1.75. The fourth-order valence-electron chi connectivity index (χ4n) is 0.311. The second-order valence-electron chi connectivity index (χ2n) is 1.04. The van der Waals surface area contributed by atoms with Gasteiger partial charge in [0.05, 0.1) is 6.20 Å². The lowest BCUT2D eigenvalue weighted by Gasteiger charge is -1.77. The molecule has 0 radical (unpaired) electrons. The van der Waals surface area contributed by atoms with Gasteiger partial charge in [0.15, 0.2) is 0 Å². The summed E-state index contributed by atoms with van der Waals surface area (Å²) in [4.78, 5) is 3.64. The van der Waals surface area contributed by atoms with Crippen molar-refractivity contribution in [1.82, 2.24) is 9.66 Å². The van der Waals surface area contributed by atoms with Crippen molar-refractivity contribution in [2.75, 3.05) is 0 Å². The molecule has 0 saturated heterocycles. The summed E-state index contributed by atoms with van der Waals surface area (Å²) < 4.78 is 1.31. The first-order valence-corrected chi connectivity index (χ1v) is 1.79. The normalized spacial score (nSPS) is 8.57. The molecule has 0 saturated carbocycles. The highest BCUT2D eigenvalue weighted by Crippen LogP contribution is 1.79. The Labute approximate surface area is 40.3 Å². The standard InChI is InChI=1S/C3H4N4/c4-6-7-2-1-5-3-7/h1-4H. The molecule has 1 aromatic rings. The molecule has 0 unspecified atom stereocenters. The molecule has 0 aromatic carbocycles. The Bertz CT molecular complexity index is 142. The molecule has 36 valence electrons. The molecule has 0 aliphatic heterocycles. The van der Waals surface area contributed by atoms with Crippen LogP contribution in [0.25, 0.3) is 0 Å². The summed E-state index contributed by atoms with van der Waals surface area (Å²) in [7, 11) is 0. The molecule has 1 rings (SSSR count). The van der Waals surface area contributed by atoms with E-state index in [9.17, 15) is 0 Å². The number of nitrogens with one attached hydrogen (secondary N) is 1. The Morgan fingerprint density at radius 3 is 2.86 bits per heavy atom. The second-order valence-corrected chi connectivity index (χ2v) is 1.04. The van der Waals surface area contributed by atoms with E-state index in [4.69, 9.17) is 5.53 Å². The smallest absolute Gasteiger partial charge is 0.118 e. The molecule has 1 N–H and O–H groups in total. The van der Waals surface area contributed by atoms with Crippen LogP contribution in [0.4, 0.5) is 0 Å². The van der Waals surface area contributed by atoms with Gasteiger partial charge in [0.1, 0.15) is 6.33 Å². The fraction of sp³-hybridized carbons (Fsp3) is 0. The van der Waals surface area contributed by atoms with E-state index in [1.165, 1.54) is 11.0 Å². The Morgan fingerprint density at radius 1 is 1.71 bits per heavy atom. The SMILES string of the molecule is N=Nn1ccnc1. The molecule has 7 heavy (non-hydrogen) atoms. The number of nitrogens with zero attached hydrogens (tertiary/aromatic N) is 3. The third-order valence-corrected chi connectivity index (χ3v) is 0.606. The summed E-state index contributed by atoms with van der Waals surface area (Å²) in [6.45, 7) is 0. The number of rotatable bonds is 1. The van der Waals surface area contributed by atoms with Crippen LogP contribution in [0.15, 0.2) is 23.9 Å². The maximum absolute atomic E-state index is 6.41. The van der Waals surface area contributed by atoms with E-state index in [0.29, 0.717) is 0 Å². The van der Waals surface area contributed by atoms with Crippen LogP contribution in [0, 0.1) is 5.53 Å². The Kier molecular flexibility index (Phi) is 0.856. The van der Waals surface area contributed by atoms with E-state index in [1.807, 2.05) is 0 Å². The molecule has 0 aliphatic rings. The third kappa shape index (κ3) is 0.623. The van der Waals surface area contributed by atoms with E-state index in [0.717, 1.165) is 0 Å². The molecule has 0 bridgehead atoms. The molecule has 0 aliphatic carbocycles. The van der Waals surface area contributed by atoms with Gasteiger partial charge in [-0.1, -0.05) is 5.22 Å². The van der Waals surface area contributed by atoms with E-state index in [1.54, 1.807) is 12.4 Å². The second kappa shape index (κ2) is 1.51. The van der Waals surface area contributed by atoms with E-state index in [-0.39, 0.29) is 0 Å². The van der Waals surface area contributed by atoms with Gasteiger partial charge in [-0.05, 0) is 0 Å². The summed E-state index contributed by atoms with van der Waals surface area (Å²) in [5, 5.41) is 3.03. The van der Waals surface area contributed by atoms with E-state index in [2.05, 4.69) is 10.2 Å². The minimum absolute atomic E-state index is 1.31. The van der Waals surface area contributed by atoms with Gasteiger partial charge >= 0.3 is 0 Å². The van der Waals surface area contributed by atoms with Gasteiger partial charge in [0, 0.05) is 6.20 Å². The monoisotopic (exact) mass is 96.0 g/mol. The van der Waals surface area contributed by atoms with Gasteiger partial charge in [0.25, 0.3) is 0 Å².